The molecule has 0 fully saturated rings. The van der Waals surface area contributed by atoms with E-state index in [1.165, 1.54) is 0 Å². The van der Waals surface area contributed by atoms with E-state index in [2.05, 4.69) is 31.1 Å². The summed E-state index contributed by atoms with van der Waals surface area (Å²) in [5.74, 6) is 1.38. The van der Waals surface area contributed by atoms with E-state index in [-0.39, 0.29) is 5.91 Å². The second kappa shape index (κ2) is 4.30. The van der Waals surface area contributed by atoms with Crippen LogP contribution in [0.2, 0.25) is 0 Å². The Morgan fingerprint density at radius 2 is 2.20 bits per heavy atom. The number of carbonyl (C=O) groups is 1. The molecule has 0 saturated heterocycles. The zero-order chi connectivity index (χ0) is 11.6. The Balaban J connectivity index is 2.64. The highest BCUT2D eigenvalue weighted by molar-refractivity contribution is 9.10. The fourth-order valence-electron chi connectivity index (χ4n) is 1.20. The summed E-state index contributed by atoms with van der Waals surface area (Å²) in [6.45, 7) is 5.87. The van der Waals surface area contributed by atoms with Gasteiger partial charge in [-0.3, -0.25) is 9.89 Å². The first kappa shape index (κ1) is 12.2. The van der Waals surface area contributed by atoms with Crippen molar-refractivity contribution in [1.82, 2.24) is 20.1 Å². The van der Waals surface area contributed by atoms with Crippen LogP contribution in [-0.2, 0) is 11.3 Å². The van der Waals surface area contributed by atoms with E-state index < -0.39 is 4.32 Å². The molecule has 0 aliphatic carbocycles. The SMILES string of the molecule is Cc1nc(CN(C)C(=O)C(C)(C)Br)n[nH]1. The Hall–Kier alpha value is -0.910. The van der Waals surface area contributed by atoms with Crippen molar-refractivity contribution in [2.24, 2.45) is 0 Å². The molecule has 0 aromatic carbocycles. The molecule has 6 heteroatoms. The summed E-state index contributed by atoms with van der Waals surface area (Å²) in [5.41, 5.74) is 0. The molecule has 0 radical (unpaired) electrons. The molecule has 1 N–H and O–H groups in total. The predicted octanol–water partition coefficient (Wildman–Crippen LogP) is 1.25. The van der Waals surface area contributed by atoms with Crippen molar-refractivity contribution in [2.75, 3.05) is 7.05 Å². The molecule has 0 spiro atoms. The maximum atomic E-state index is 11.8. The third kappa shape index (κ3) is 3.30. The Labute approximate surface area is 97.4 Å². The number of halogens is 1. The van der Waals surface area contributed by atoms with Crippen molar-refractivity contribution in [3.05, 3.63) is 11.6 Å². The number of nitrogens with zero attached hydrogens (tertiary/aromatic N) is 3. The average molecular weight is 275 g/mol. The van der Waals surface area contributed by atoms with Gasteiger partial charge in [0.15, 0.2) is 5.82 Å². The van der Waals surface area contributed by atoms with Crippen LogP contribution in [0.1, 0.15) is 25.5 Å². The number of H-pyrrole nitrogens is 1. The molecular formula is C9H15BrN4O. The van der Waals surface area contributed by atoms with Crippen molar-refractivity contribution in [1.29, 1.82) is 0 Å². The van der Waals surface area contributed by atoms with Crippen LogP contribution < -0.4 is 0 Å². The van der Waals surface area contributed by atoms with Gasteiger partial charge in [0.25, 0.3) is 0 Å². The van der Waals surface area contributed by atoms with Crippen LogP contribution in [0.4, 0.5) is 0 Å². The van der Waals surface area contributed by atoms with Crippen LogP contribution in [0.15, 0.2) is 0 Å². The van der Waals surface area contributed by atoms with Gasteiger partial charge < -0.3 is 4.90 Å². The van der Waals surface area contributed by atoms with E-state index in [1.807, 2.05) is 20.8 Å². The Kier molecular flexibility index (Phi) is 3.49. The van der Waals surface area contributed by atoms with Gasteiger partial charge in [-0.15, -0.1) is 0 Å². The molecule has 0 aliphatic rings. The van der Waals surface area contributed by atoms with Crippen LogP contribution >= 0.6 is 15.9 Å². The number of aromatic amines is 1. The van der Waals surface area contributed by atoms with Gasteiger partial charge in [0.05, 0.1) is 10.9 Å². The van der Waals surface area contributed by atoms with Crippen molar-refractivity contribution < 1.29 is 4.79 Å². The summed E-state index contributed by atoms with van der Waals surface area (Å²) in [4.78, 5) is 17.5. The van der Waals surface area contributed by atoms with E-state index in [1.54, 1.807) is 11.9 Å². The van der Waals surface area contributed by atoms with Crippen LogP contribution in [0, 0.1) is 6.92 Å². The minimum atomic E-state index is -0.549. The summed E-state index contributed by atoms with van der Waals surface area (Å²) in [7, 11) is 1.73. The molecule has 1 heterocycles. The van der Waals surface area contributed by atoms with Gasteiger partial charge in [0.1, 0.15) is 5.82 Å². The lowest BCUT2D eigenvalue weighted by molar-refractivity contribution is -0.132. The molecule has 0 atom stereocenters. The molecule has 0 saturated carbocycles. The molecule has 1 aromatic rings. The van der Waals surface area contributed by atoms with E-state index in [4.69, 9.17) is 0 Å². The smallest absolute Gasteiger partial charge is 0.239 e. The van der Waals surface area contributed by atoms with Crippen molar-refractivity contribution in [3.8, 4) is 0 Å². The topological polar surface area (TPSA) is 61.9 Å². The molecule has 1 rings (SSSR count). The number of carbonyl (C=O) groups excluding carboxylic acids is 1. The highest BCUT2D eigenvalue weighted by Crippen LogP contribution is 2.19. The van der Waals surface area contributed by atoms with Gasteiger partial charge in [-0.1, -0.05) is 15.9 Å². The monoisotopic (exact) mass is 274 g/mol. The van der Waals surface area contributed by atoms with Crippen LogP contribution in [0.3, 0.4) is 0 Å². The third-order valence-electron chi connectivity index (χ3n) is 1.88. The van der Waals surface area contributed by atoms with Gasteiger partial charge in [0.2, 0.25) is 5.91 Å². The summed E-state index contributed by atoms with van der Waals surface area (Å²) < 4.78 is -0.549. The Morgan fingerprint density at radius 1 is 1.60 bits per heavy atom. The fourth-order valence-corrected chi connectivity index (χ4v) is 1.50. The number of aryl methyl sites for hydroxylation is 1. The summed E-state index contributed by atoms with van der Waals surface area (Å²) >= 11 is 3.32. The number of amides is 1. The minimum Gasteiger partial charge on any atom is -0.337 e. The van der Waals surface area contributed by atoms with Gasteiger partial charge in [0, 0.05) is 7.05 Å². The predicted molar refractivity (Wildman–Crippen MR) is 60.6 cm³/mol. The highest BCUT2D eigenvalue weighted by atomic mass is 79.9. The van der Waals surface area contributed by atoms with Crippen LogP contribution in [-0.4, -0.2) is 37.4 Å². The fraction of sp³-hybridized carbons (Fsp3) is 0.667. The standard InChI is InChI=1S/C9H15BrN4O/c1-6-11-7(13-12-6)5-14(4)8(15)9(2,3)10/h5H2,1-4H3,(H,11,12,13). The molecule has 0 bridgehead atoms. The van der Waals surface area contributed by atoms with E-state index in [0.29, 0.717) is 12.4 Å². The Bertz CT molecular complexity index is 355. The molecule has 0 unspecified atom stereocenters. The van der Waals surface area contributed by atoms with Gasteiger partial charge in [-0.05, 0) is 20.8 Å². The first-order chi connectivity index (χ1) is 6.80. The number of aromatic nitrogens is 3. The largest absolute Gasteiger partial charge is 0.337 e. The van der Waals surface area contributed by atoms with E-state index in [0.717, 1.165) is 5.82 Å². The summed E-state index contributed by atoms with van der Waals surface area (Å²) in [6.07, 6.45) is 0. The highest BCUT2D eigenvalue weighted by Gasteiger charge is 2.27. The zero-order valence-corrected chi connectivity index (χ0v) is 10.9. The van der Waals surface area contributed by atoms with Gasteiger partial charge in [-0.2, -0.15) is 5.10 Å². The second-order valence-electron chi connectivity index (χ2n) is 3.97. The van der Waals surface area contributed by atoms with E-state index >= 15 is 0 Å². The molecule has 0 aliphatic heterocycles. The van der Waals surface area contributed by atoms with Gasteiger partial charge in [-0.25, -0.2) is 4.98 Å². The number of alkyl halides is 1. The molecule has 1 aromatic heterocycles. The minimum absolute atomic E-state index is 0.00459. The lowest BCUT2D eigenvalue weighted by Crippen LogP contribution is -2.38. The van der Waals surface area contributed by atoms with Gasteiger partial charge >= 0.3 is 0 Å². The maximum Gasteiger partial charge on any atom is 0.239 e. The summed E-state index contributed by atoms with van der Waals surface area (Å²) in [6, 6.07) is 0. The van der Waals surface area contributed by atoms with E-state index in [9.17, 15) is 4.79 Å². The lowest BCUT2D eigenvalue weighted by Gasteiger charge is -2.23. The first-order valence-electron chi connectivity index (χ1n) is 4.63. The second-order valence-corrected chi connectivity index (χ2v) is 5.95. The van der Waals surface area contributed by atoms with Crippen molar-refractivity contribution in [3.63, 3.8) is 0 Å². The number of rotatable bonds is 3. The number of nitrogens with one attached hydrogen (secondary N) is 1. The number of hydrogen-bond acceptors (Lipinski definition) is 3. The molecule has 84 valence electrons. The average Bonchev–Trinajstić information content (AvgIpc) is 2.48. The number of hydrogen-bond donors (Lipinski definition) is 1. The first-order valence-corrected chi connectivity index (χ1v) is 5.42. The normalized spacial score (nSPS) is 11.5. The lowest BCUT2D eigenvalue weighted by atomic mass is 10.2. The molecular weight excluding hydrogens is 260 g/mol. The molecule has 15 heavy (non-hydrogen) atoms. The summed E-state index contributed by atoms with van der Waals surface area (Å²) in [5, 5.41) is 6.72. The van der Waals surface area contributed by atoms with Crippen LogP contribution in [0.5, 0.6) is 0 Å². The van der Waals surface area contributed by atoms with Crippen molar-refractivity contribution >= 4 is 21.8 Å². The van der Waals surface area contributed by atoms with Crippen molar-refractivity contribution in [2.45, 2.75) is 31.6 Å². The zero-order valence-electron chi connectivity index (χ0n) is 9.33. The maximum absolute atomic E-state index is 11.8. The molecule has 5 nitrogen and oxygen atoms in total. The Morgan fingerprint density at radius 3 is 2.60 bits per heavy atom. The third-order valence-corrected chi connectivity index (χ3v) is 2.22. The molecule has 1 amide bonds. The quantitative estimate of drug-likeness (QED) is 0.844. The van der Waals surface area contributed by atoms with Crippen LogP contribution in [0.25, 0.3) is 0 Å².